The standard InChI is InChI=1S/C13H11IO2/c15-16-10-11-6-8-13(9-7-11)14-12-4-2-1-3-5-12/h1-9H,10H2/p+1. The fourth-order valence-electron chi connectivity index (χ4n) is 1.32. The minimum Gasteiger partial charge on any atom is -0.251 e. The molecule has 0 aromatic heterocycles. The molecule has 0 aliphatic rings. The van der Waals surface area contributed by atoms with Crippen LogP contribution in [0.15, 0.2) is 54.6 Å². The number of benzene rings is 2. The maximum absolute atomic E-state index is 8.33. The average molecular weight is 327 g/mol. The van der Waals surface area contributed by atoms with E-state index in [1.807, 2.05) is 18.2 Å². The zero-order valence-electron chi connectivity index (χ0n) is 8.64. The van der Waals surface area contributed by atoms with Gasteiger partial charge in [0, 0.05) is 0 Å². The molecule has 1 N–H and O–H groups in total. The van der Waals surface area contributed by atoms with Crippen molar-refractivity contribution in [3.05, 3.63) is 67.3 Å². The van der Waals surface area contributed by atoms with Crippen LogP contribution >= 0.6 is 0 Å². The molecule has 0 unspecified atom stereocenters. The molecule has 0 saturated heterocycles. The lowest BCUT2D eigenvalue weighted by Gasteiger charge is -1.95. The zero-order valence-corrected chi connectivity index (χ0v) is 10.8. The van der Waals surface area contributed by atoms with Gasteiger partial charge in [-0.3, -0.25) is 5.26 Å². The second-order valence-corrected chi connectivity index (χ2v) is 6.32. The first-order valence-electron chi connectivity index (χ1n) is 4.93. The van der Waals surface area contributed by atoms with E-state index in [0.29, 0.717) is 0 Å². The summed E-state index contributed by atoms with van der Waals surface area (Å²) in [4.78, 5) is 4.10. The molecule has 0 atom stereocenters. The Kier molecular flexibility index (Phi) is 4.33. The van der Waals surface area contributed by atoms with Crippen molar-refractivity contribution in [3.63, 3.8) is 0 Å². The fourth-order valence-corrected chi connectivity index (χ4v) is 3.53. The predicted molar refractivity (Wildman–Crippen MR) is 57.7 cm³/mol. The topological polar surface area (TPSA) is 29.5 Å². The lowest BCUT2D eigenvalue weighted by Crippen LogP contribution is -3.61. The van der Waals surface area contributed by atoms with Crippen LogP contribution < -0.4 is 21.2 Å². The summed E-state index contributed by atoms with van der Waals surface area (Å²) in [6.45, 7) is 0.254. The smallest absolute Gasteiger partial charge is 0.251 e. The monoisotopic (exact) mass is 327 g/mol. The van der Waals surface area contributed by atoms with Gasteiger partial charge in [0.15, 0.2) is 7.14 Å². The van der Waals surface area contributed by atoms with Crippen molar-refractivity contribution in [1.82, 2.24) is 0 Å². The number of halogens is 1. The third-order valence-electron chi connectivity index (χ3n) is 2.10. The zero-order chi connectivity index (χ0) is 11.2. The van der Waals surface area contributed by atoms with E-state index in [2.05, 4.69) is 41.3 Å². The van der Waals surface area contributed by atoms with E-state index in [-0.39, 0.29) is 27.8 Å². The molecule has 2 aromatic rings. The van der Waals surface area contributed by atoms with Gasteiger partial charge < -0.3 is 0 Å². The minimum atomic E-state index is -0.0972. The fraction of sp³-hybridized carbons (Fsp3) is 0.0769. The molecule has 82 valence electrons. The highest BCUT2D eigenvalue weighted by Gasteiger charge is 2.13. The lowest BCUT2D eigenvalue weighted by molar-refractivity contribution is -0.597. The molecule has 0 bridgehead atoms. The Balaban J connectivity index is 2.05. The van der Waals surface area contributed by atoms with Gasteiger partial charge in [-0.15, -0.1) is 0 Å². The maximum atomic E-state index is 8.33. The molecule has 0 saturated carbocycles. The second-order valence-electron chi connectivity index (χ2n) is 3.29. The Morgan fingerprint density at radius 1 is 0.875 bits per heavy atom. The van der Waals surface area contributed by atoms with Gasteiger partial charge in [0.05, 0.1) is 0 Å². The molecular weight excluding hydrogens is 315 g/mol. The summed E-state index contributed by atoms with van der Waals surface area (Å²) in [7, 11) is 0. The van der Waals surface area contributed by atoms with Crippen molar-refractivity contribution in [3.8, 4) is 0 Å². The van der Waals surface area contributed by atoms with Crippen molar-refractivity contribution in [2.75, 3.05) is 0 Å². The van der Waals surface area contributed by atoms with E-state index in [9.17, 15) is 0 Å². The maximum Gasteiger partial charge on any atom is 0.357 e. The van der Waals surface area contributed by atoms with Crippen LogP contribution in [0.2, 0.25) is 0 Å². The van der Waals surface area contributed by atoms with Gasteiger partial charge in [0.25, 0.3) is 0 Å². The molecule has 0 aliphatic carbocycles. The van der Waals surface area contributed by atoms with Crippen LogP contribution in [0.25, 0.3) is 0 Å². The Morgan fingerprint density at radius 2 is 1.50 bits per heavy atom. The normalized spacial score (nSPS) is 10.3. The second kappa shape index (κ2) is 5.98. The average Bonchev–Trinajstić information content (AvgIpc) is 2.33. The highest BCUT2D eigenvalue weighted by Crippen LogP contribution is 1.98. The van der Waals surface area contributed by atoms with Gasteiger partial charge in [-0.25, -0.2) is 4.89 Å². The number of rotatable bonds is 4. The van der Waals surface area contributed by atoms with Gasteiger partial charge >= 0.3 is 21.2 Å². The van der Waals surface area contributed by atoms with Gasteiger partial charge in [0.1, 0.15) is 6.61 Å². The third kappa shape index (κ3) is 3.30. The molecule has 2 nitrogen and oxygen atoms in total. The summed E-state index contributed by atoms with van der Waals surface area (Å²) in [6, 6.07) is 18.7. The number of hydrogen-bond acceptors (Lipinski definition) is 2. The lowest BCUT2D eigenvalue weighted by atomic mass is 10.2. The van der Waals surface area contributed by atoms with Crippen LogP contribution in [0, 0.1) is 7.14 Å². The van der Waals surface area contributed by atoms with Crippen LogP contribution in [0.5, 0.6) is 0 Å². The van der Waals surface area contributed by atoms with Gasteiger partial charge in [-0.1, -0.05) is 30.3 Å². The summed E-state index contributed by atoms with van der Waals surface area (Å²) in [5, 5.41) is 8.33. The quantitative estimate of drug-likeness (QED) is 0.479. The Hall–Kier alpha value is -0.910. The van der Waals surface area contributed by atoms with Crippen molar-refractivity contribution >= 4 is 0 Å². The van der Waals surface area contributed by atoms with Crippen molar-refractivity contribution in [2.24, 2.45) is 0 Å². The van der Waals surface area contributed by atoms with Crippen molar-refractivity contribution in [1.29, 1.82) is 0 Å². The predicted octanol–water partition coefficient (Wildman–Crippen LogP) is -0.195. The van der Waals surface area contributed by atoms with Crippen LogP contribution in [-0.4, -0.2) is 5.26 Å². The molecule has 0 radical (unpaired) electrons. The van der Waals surface area contributed by atoms with Crippen molar-refractivity contribution in [2.45, 2.75) is 6.61 Å². The molecule has 0 amide bonds. The van der Waals surface area contributed by atoms with Gasteiger partial charge in [0.2, 0.25) is 0 Å². The summed E-state index contributed by atoms with van der Waals surface area (Å²) >= 11 is -0.0972. The Labute approximate surface area is 105 Å². The molecule has 2 aromatic carbocycles. The molecule has 0 fully saturated rings. The van der Waals surface area contributed by atoms with E-state index in [1.165, 1.54) is 7.14 Å². The van der Waals surface area contributed by atoms with Gasteiger partial charge in [-0.05, 0) is 29.8 Å². The van der Waals surface area contributed by atoms with E-state index in [4.69, 9.17) is 5.26 Å². The molecule has 2 rings (SSSR count). The van der Waals surface area contributed by atoms with Gasteiger partial charge in [-0.2, -0.15) is 0 Å². The third-order valence-corrected chi connectivity index (χ3v) is 4.78. The van der Waals surface area contributed by atoms with E-state index >= 15 is 0 Å². The summed E-state index contributed by atoms with van der Waals surface area (Å²) in [5.41, 5.74) is 0.989. The van der Waals surface area contributed by atoms with E-state index in [0.717, 1.165) is 5.56 Å². The highest BCUT2D eigenvalue weighted by molar-refractivity contribution is 5.13. The van der Waals surface area contributed by atoms with Crippen LogP contribution in [-0.2, 0) is 11.5 Å². The molecule has 16 heavy (non-hydrogen) atoms. The highest BCUT2D eigenvalue weighted by atomic mass is 127. The first-order valence-corrected chi connectivity index (χ1v) is 7.09. The Bertz CT molecular complexity index is 425. The summed E-state index contributed by atoms with van der Waals surface area (Å²) < 4.78 is 2.78. The van der Waals surface area contributed by atoms with Crippen molar-refractivity contribution < 1.29 is 31.3 Å². The Morgan fingerprint density at radius 3 is 2.12 bits per heavy atom. The first kappa shape index (κ1) is 11.6. The first-order chi connectivity index (χ1) is 7.88. The summed E-state index contributed by atoms with van der Waals surface area (Å²) in [5.74, 6) is 0. The number of hydrogen-bond donors (Lipinski definition) is 1. The van der Waals surface area contributed by atoms with Crippen LogP contribution in [0.4, 0.5) is 0 Å². The molecule has 3 heteroatoms. The molecule has 0 aliphatic heterocycles. The summed E-state index contributed by atoms with van der Waals surface area (Å²) in [6.07, 6.45) is 0. The van der Waals surface area contributed by atoms with E-state index in [1.54, 1.807) is 0 Å². The minimum absolute atomic E-state index is 0.0972. The molecule has 0 spiro atoms. The molecule has 0 heterocycles. The largest absolute Gasteiger partial charge is 0.357 e. The SMILES string of the molecule is OOCc1ccc([I+]c2ccccc2)cc1. The van der Waals surface area contributed by atoms with E-state index < -0.39 is 0 Å². The van der Waals surface area contributed by atoms with Crippen LogP contribution in [0.3, 0.4) is 0 Å². The molecular formula is C13H12IO2+. The van der Waals surface area contributed by atoms with Crippen LogP contribution in [0.1, 0.15) is 5.56 Å².